The molecule has 1 rings (SSSR count). The highest BCUT2D eigenvalue weighted by molar-refractivity contribution is 9.10. The lowest BCUT2D eigenvalue weighted by Gasteiger charge is -2.27. The summed E-state index contributed by atoms with van der Waals surface area (Å²) in [5.74, 6) is 0. The number of hydrogen-bond acceptors (Lipinski definition) is 1. The Morgan fingerprint density at radius 1 is 1.18 bits per heavy atom. The molecule has 96 valence electrons. The van der Waals surface area contributed by atoms with Crippen molar-refractivity contribution in [2.24, 2.45) is 5.41 Å². The Morgan fingerprint density at radius 3 is 2.24 bits per heavy atom. The van der Waals surface area contributed by atoms with Crippen molar-refractivity contribution in [2.45, 2.75) is 46.6 Å². The van der Waals surface area contributed by atoms with Crippen LogP contribution in [0.3, 0.4) is 0 Å². The van der Waals surface area contributed by atoms with Gasteiger partial charge in [0.1, 0.15) is 0 Å². The van der Waals surface area contributed by atoms with E-state index in [1.807, 2.05) is 0 Å². The topological polar surface area (TPSA) is 12.0 Å². The first-order valence-electron chi connectivity index (χ1n) is 6.41. The maximum atomic E-state index is 3.65. The summed E-state index contributed by atoms with van der Waals surface area (Å²) in [6, 6.07) is 9.13. The van der Waals surface area contributed by atoms with Crippen LogP contribution in [0.25, 0.3) is 0 Å². The average Bonchev–Trinajstić information content (AvgIpc) is 2.24. The van der Waals surface area contributed by atoms with E-state index in [0.717, 1.165) is 17.4 Å². The zero-order valence-electron chi connectivity index (χ0n) is 11.4. The highest BCUT2D eigenvalue weighted by Gasteiger charge is 2.19. The van der Waals surface area contributed by atoms with Crippen molar-refractivity contribution in [2.75, 3.05) is 6.54 Å². The second kappa shape index (κ2) is 6.55. The molecule has 1 aromatic rings. The smallest absolute Gasteiger partial charge is 0.0325 e. The number of rotatable bonds is 5. The fourth-order valence-corrected chi connectivity index (χ4v) is 2.20. The van der Waals surface area contributed by atoms with Crippen LogP contribution in [0.2, 0.25) is 0 Å². The van der Waals surface area contributed by atoms with Crippen LogP contribution in [0, 0.1) is 5.41 Å². The highest BCUT2D eigenvalue weighted by atomic mass is 79.9. The van der Waals surface area contributed by atoms with Gasteiger partial charge in [-0.2, -0.15) is 0 Å². The fraction of sp³-hybridized carbons (Fsp3) is 0.600. The minimum Gasteiger partial charge on any atom is -0.310 e. The molecule has 0 heterocycles. The largest absolute Gasteiger partial charge is 0.310 e. The van der Waals surface area contributed by atoms with Crippen molar-refractivity contribution in [3.05, 3.63) is 34.3 Å². The lowest BCUT2D eigenvalue weighted by molar-refractivity contribution is 0.311. The molecule has 0 bridgehead atoms. The van der Waals surface area contributed by atoms with E-state index in [-0.39, 0.29) is 0 Å². The van der Waals surface area contributed by atoms with Gasteiger partial charge in [0.05, 0.1) is 0 Å². The number of hydrogen-bond donors (Lipinski definition) is 1. The second-order valence-electron chi connectivity index (χ2n) is 5.82. The second-order valence-corrected chi connectivity index (χ2v) is 6.74. The molecule has 0 saturated carbocycles. The van der Waals surface area contributed by atoms with Crippen LogP contribution < -0.4 is 5.32 Å². The predicted octanol–water partition coefficient (Wildman–Crippen LogP) is 4.93. The summed E-state index contributed by atoms with van der Waals surface area (Å²) in [5.41, 5.74) is 1.73. The summed E-state index contributed by atoms with van der Waals surface area (Å²) in [4.78, 5) is 0. The van der Waals surface area contributed by atoms with Crippen molar-refractivity contribution < 1.29 is 0 Å². The first-order valence-corrected chi connectivity index (χ1v) is 7.20. The van der Waals surface area contributed by atoms with Crippen molar-refractivity contribution in [1.29, 1.82) is 0 Å². The van der Waals surface area contributed by atoms with Gasteiger partial charge in [-0.1, -0.05) is 55.8 Å². The maximum absolute atomic E-state index is 3.65. The normalized spacial score (nSPS) is 13.7. The molecule has 1 unspecified atom stereocenters. The van der Waals surface area contributed by atoms with Gasteiger partial charge >= 0.3 is 0 Å². The quantitative estimate of drug-likeness (QED) is 0.813. The van der Waals surface area contributed by atoms with Crippen LogP contribution in [0.15, 0.2) is 28.7 Å². The van der Waals surface area contributed by atoms with Gasteiger partial charge in [-0.05, 0) is 42.5 Å². The van der Waals surface area contributed by atoms with Crippen LogP contribution in [-0.4, -0.2) is 6.54 Å². The molecule has 0 radical (unpaired) electrons. The Labute approximate surface area is 114 Å². The summed E-state index contributed by atoms with van der Waals surface area (Å²) >= 11 is 3.49. The molecule has 0 aliphatic rings. The first-order chi connectivity index (χ1) is 7.92. The summed E-state index contributed by atoms with van der Waals surface area (Å²) in [5, 5.41) is 3.65. The average molecular weight is 298 g/mol. The molecular formula is C15H24BrN. The van der Waals surface area contributed by atoms with E-state index in [1.54, 1.807) is 0 Å². The van der Waals surface area contributed by atoms with Gasteiger partial charge < -0.3 is 5.32 Å². The summed E-state index contributed by atoms with van der Waals surface area (Å²) in [6.45, 7) is 10.2. The molecule has 1 nitrogen and oxygen atoms in total. The van der Waals surface area contributed by atoms with Gasteiger partial charge in [0, 0.05) is 10.5 Å². The molecule has 0 spiro atoms. The lowest BCUT2D eigenvalue weighted by atomic mass is 9.85. The SMILES string of the molecule is CCCNC(CC(C)(C)C)c1ccc(Br)cc1. The molecular weight excluding hydrogens is 274 g/mol. The van der Waals surface area contributed by atoms with Crippen LogP contribution >= 0.6 is 15.9 Å². The van der Waals surface area contributed by atoms with E-state index in [9.17, 15) is 0 Å². The Kier molecular flexibility index (Phi) is 5.68. The molecule has 0 aliphatic carbocycles. The minimum atomic E-state index is 0.346. The standard InChI is InChI=1S/C15H24BrN/c1-5-10-17-14(11-15(2,3)4)12-6-8-13(16)9-7-12/h6-9,14,17H,5,10-11H2,1-4H3. The molecule has 0 amide bonds. The van der Waals surface area contributed by atoms with Crippen molar-refractivity contribution in [3.8, 4) is 0 Å². The third-order valence-electron chi connectivity index (χ3n) is 2.73. The minimum absolute atomic E-state index is 0.346. The van der Waals surface area contributed by atoms with Crippen molar-refractivity contribution in [1.82, 2.24) is 5.32 Å². The zero-order chi connectivity index (χ0) is 12.9. The van der Waals surface area contributed by atoms with Gasteiger partial charge in [-0.3, -0.25) is 0 Å². The molecule has 0 aliphatic heterocycles. The van der Waals surface area contributed by atoms with E-state index >= 15 is 0 Å². The van der Waals surface area contributed by atoms with Gasteiger partial charge in [-0.25, -0.2) is 0 Å². The van der Waals surface area contributed by atoms with E-state index in [4.69, 9.17) is 0 Å². The van der Waals surface area contributed by atoms with Gasteiger partial charge in [-0.15, -0.1) is 0 Å². The zero-order valence-corrected chi connectivity index (χ0v) is 13.0. The summed E-state index contributed by atoms with van der Waals surface area (Å²) in [7, 11) is 0. The van der Waals surface area contributed by atoms with E-state index in [2.05, 4.69) is 73.2 Å². The van der Waals surface area contributed by atoms with Crippen LogP contribution in [-0.2, 0) is 0 Å². The summed E-state index contributed by atoms with van der Waals surface area (Å²) in [6.07, 6.45) is 2.34. The Hall–Kier alpha value is -0.340. The third-order valence-corrected chi connectivity index (χ3v) is 3.26. The number of halogens is 1. The first kappa shape index (κ1) is 14.7. The van der Waals surface area contributed by atoms with Crippen LogP contribution in [0.4, 0.5) is 0 Å². The van der Waals surface area contributed by atoms with Gasteiger partial charge in [0.15, 0.2) is 0 Å². The van der Waals surface area contributed by atoms with E-state index < -0.39 is 0 Å². The predicted molar refractivity (Wildman–Crippen MR) is 79.2 cm³/mol. The van der Waals surface area contributed by atoms with Gasteiger partial charge in [0.2, 0.25) is 0 Å². The Bertz CT molecular complexity index is 324. The summed E-state index contributed by atoms with van der Waals surface area (Å²) < 4.78 is 1.14. The Morgan fingerprint density at radius 2 is 1.76 bits per heavy atom. The molecule has 2 heteroatoms. The van der Waals surface area contributed by atoms with E-state index in [0.29, 0.717) is 11.5 Å². The number of benzene rings is 1. The Balaban J connectivity index is 2.78. The molecule has 1 aromatic carbocycles. The molecule has 0 aromatic heterocycles. The van der Waals surface area contributed by atoms with Crippen LogP contribution in [0.1, 0.15) is 52.1 Å². The lowest BCUT2D eigenvalue weighted by Crippen LogP contribution is -2.26. The van der Waals surface area contributed by atoms with Crippen molar-refractivity contribution in [3.63, 3.8) is 0 Å². The fourth-order valence-electron chi connectivity index (χ4n) is 1.93. The molecule has 0 saturated heterocycles. The van der Waals surface area contributed by atoms with Crippen LogP contribution in [0.5, 0.6) is 0 Å². The highest BCUT2D eigenvalue weighted by Crippen LogP contribution is 2.29. The molecule has 1 atom stereocenters. The monoisotopic (exact) mass is 297 g/mol. The van der Waals surface area contributed by atoms with Crippen molar-refractivity contribution >= 4 is 15.9 Å². The van der Waals surface area contributed by atoms with Gasteiger partial charge in [0.25, 0.3) is 0 Å². The molecule has 1 N–H and O–H groups in total. The maximum Gasteiger partial charge on any atom is 0.0325 e. The van der Waals surface area contributed by atoms with E-state index in [1.165, 1.54) is 12.0 Å². The number of nitrogens with one attached hydrogen (secondary N) is 1. The molecule has 0 fully saturated rings. The molecule has 17 heavy (non-hydrogen) atoms. The third kappa shape index (κ3) is 5.69.